The zero-order chi connectivity index (χ0) is 19.6. The predicted octanol–water partition coefficient (Wildman–Crippen LogP) is 1.55. The van der Waals surface area contributed by atoms with Crippen molar-refractivity contribution >= 4 is 15.9 Å². The van der Waals surface area contributed by atoms with Gasteiger partial charge in [-0.1, -0.05) is 0 Å². The number of likely N-dealkylation sites (tertiary alicyclic amines) is 1. The Kier molecular flexibility index (Phi) is 5.27. The molecule has 1 unspecified atom stereocenters. The van der Waals surface area contributed by atoms with Gasteiger partial charge in [0.1, 0.15) is 6.10 Å². The lowest BCUT2D eigenvalue weighted by Gasteiger charge is -2.18. The average Bonchev–Trinajstić information content (AvgIpc) is 3.41. The molecule has 28 heavy (non-hydrogen) atoms. The largest absolute Gasteiger partial charge is 0.471 e. The van der Waals surface area contributed by atoms with Crippen molar-refractivity contribution in [2.75, 3.05) is 26.2 Å². The average molecular weight is 402 g/mol. The highest BCUT2D eigenvalue weighted by Crippen LogP contribution is 2.22. The highest BCUT2D eigenvalue weighted by molar-refractivity contribution is 7.89. The van der Waals surface area contributed by atoms with Gasteiger partial charge in [0, 0.05) is 44.0 Å². The van der Waals surface area contributed by atoms with Crippen LogP contribution in [-0.4, -0.2) is 65.8 Å². The Hall–Kier alpha value is -2.52. The minimum Gasteiger partial charge on any atom is -0.471 e. The van der Waals surface area contributed by atoms with Crippen molar-refractivity contribution in [2.24, 2.45) is 0 Å². The molecule has 8 nitrogen and oxygen atoms in total. The Morgan fingerprint density at radius 2 is 1.82 bits per heavy atom. The van der Waals surface area contributed by atoms with E-state index in [-0.39, 0.29) is 16.9 Å². The number of carbonyl (C=O) groups excluding carboxylic acids is 1. The van der Waals surface area contributed by atoms with Crippen molar-refractivity contribution in [1.82, 2.24) is 19.2 Å². The third-order valence-corrected chi connectivity index (χ3v) is 6.98. The molecule has 2 aromatic rings. The lowest BCUT2D eigenvalue weighted by Crippen LogP contribution is -2.31. The summed E-state index contributed by atoms with van der Waals surface area (Å²) in [6, 6.07) is 6.21. The summed E-state index contributed by atoms with van der Waals surface area (Å²) in [5.74, 6) is 0.314. The van der Waals surface area contributed by atoms with Crippen molar-refractivity contribution < 1.29 is 17.9 Å². The molecule has 1 aromatic heterocycles. The van der Waals surface area contributed by atoms with Gasteiger partial charge in [0.2, 0.25) is 15.9 Å². The highest BCUT2D eigenvalue weighted by atomic mass is 32.2. The Labute approximate surface area is 164 Å². The van der Waals surface area contributed by atoms with Crippen molar-refractivity contribution in [1.29, 1.82) is 0 Å². The fraction of sp³-hybridized carbons (Fsp3) is 0.421. The van der Waals surface area contributed by atoms with E-state index in [0.29, 0.717) is 44.0 Å². The summed E-state index contributed by atoms with van der Waals surface area (Å²) in [5.41, 5.74) is 0.473. The number of amides is 1. The molecule has 2 saturated heterocycles. The number of rotatable bonds is 5. The molecule has 0 bridgehead atoms. The number of ether oxygens (including phenoxy) is 1. The van der Waals surface area contributed by atoms with E-state index in [0.717, 1.165) is 12.8 Å². The molecular weight excluding hydrogens is 380 g/mol. The first-order chi connectivity index (χ1) is 13.5. The second-order valence-corrected chi connectivity index (χ2v) is 8.90. The van der Waals surface area contributed by atoms with Crippen LogP contribution in [0.1, 0.15) is 29.6 Å². The van der Waals surface area contributed by atoms with E-state index in [4.69, 9.17) is 4.74 Å². The zero-order valence-corrected chi connectivity index (χ0v) is 16.2. The first kappa shape index (κ1) is 18.8. The van der Waals surface area contributed by atoms with Crippen molar-refractivity contribution in [2.45, 2.75) is 30.3 Å². The molecule has 3 heterocycles. The maximum Gasteiger partial charge on any atom is 0.253 e. The first-order valence-corrected chi connectivity index (χ1v) is 10.8. The second-order valence-electron chi connectivity index (χ2n) is 6.96. The number of carbonyl (C=O) groups is 1. The van der Waals surface area contributed by atoms with Gasteiger partial charge in [0.25, 0.3) is 5.91 Å². The molecule has 0 aliphatic carbocycles. The van der Waals surface area contributed by atoms with Crippen LogP contribution < -0.4 is 4.74 Å². The summed E-state index contributed by atoms with van der Waals surface area (Å²) in [4.78, 5) is 22.7. The van der Waals surface area contributed by atoms with Crippen molar-refractivity contribution in [3.63, 3.8) is 0 Å². The minimum absolute atomic E-state index is 0.129. The molecule has 0 radical (unpaired) electrons. The van der Waals surface area contributed by atoms with Crippen LogP contribution in [0.2, 0.25) is 0 Å². The predicted molar refractivity (Wildman–Crippen MR) is 101 cm³/mol. The van der Waals surface area contributed by atoms with E-state index >= 15 is 0 Å². The summed E-state index contributed by atoms with van der Waals surface area (Å²) in [5, 5.41) is 0. The van der Waals surface area contributed by atoms with Crippen molar-refractivity contribution in [3.8, 4) is 5.88 Å². The SMILES string of the molecule is O=C(c1ccc(S(=O)(=O)N2CCCC2)cc1)N1CCC(Oc2cnccn2)C1. The molecule has 0 spiro atoms. The third kappa shape index (κ3) is 3.85. The van der Waals surface area contributed by atoms with Crippen LogP contribution in [0, 0.1) is 0 Å². The van der Waals surface area contributed by atoms with Gasteiger partial charge in [-0.05, 0) is 37.1 Å². The van der Waals surface area contributed by atoms with E-state index in [1.165, 1.54) is 16.4 Å². The maximum atomic E-state index is 12.7. The number of aromatic nitrogens is 2. The Morgan fingerprint density at radius 1 is 1.07 bits per heavy atom. The number of hydrogen-bond acceptors (Lipinski definition) is 6. The Morgan fingerprint density at radius 3 is 2.50 bits per heavy atom. The number of hydrogen-bond donors (Lipinski definition) is 0. The molecule has 1 atom stereocenters. The van der Waals surface area contributed by atoms with E-state index in [2.05, 4.69) is 9.97 Å². The van der Waals surface area contributed by atoms with Gasteiger partial charge in [-0.2, -0.15) is 4.31 Å². The van der Waals surface area contributed by atoms with E-state index in [1.807, 2.05) is 0 Å². The molecule has 9 heteroatoms. The second kappa shape index (κ2) is 7.84. The van der Waals surface area contributed by atoms with Crippen molar-refractivity contribution in [3.05, 3.63) is 48.4 Å². The lowest BCUT2D eigenvalue weighted by atomic mass is 10.2. The Balaban J connectivity index is 1.40. The molecular formula is C19H22N4O4S. The molecule has 2 aliphatic heterocycles. The van der Waals surface area contributed by atoms with Gasteiger partial charge in [-0.25, -0.2) is 13.4 Å². The zero-order valence-electron chi connectivity index (χ0n) is 15.4. The van der Waals surface area contributed by atoms with Crippen LogP contribution in [0.5, 0.6) is 5.88 Å². The first-order valence-electron chi connectivity index (χ1n) is 9.36. The van der Waals surface area contributed by atoms with Gasteiger partial charge in [-0.15, -0.1) is 0 Å². The van der Waals surface area contributed by atoms with Crippen LogP contribution in [0.25, 0.3) is 0 Å². The topological polar surface area (TPSA) is 92.7 Å². The van der Waals surface area contributed by atoms with Crippen LogP contribution in [0.15, 0.2) is 47.8 Å². The molecule has 1 amide bonds. The smallest absolute Gasteiger partial charge is 0.253 e. The van der Waals surface area contributed by atoms with E-state index in [9.17, 15) is 13.2 Å². The van der Waals surface area contributed by atoms with Crippen LogP contribution in [-0.2, 0) is 10.0 Å². The molecule has 4 rings (SSSR count). The Bertz CT molecular complexity index is 928. The van der Waals surface area contributed by atoms with Gasteiger partial charge < -0.3 is 9.64 Å². The van der Waals surface area contributed by atoms with Gasteiger partial charge in [0.15, 0.2) is 0 Å². The third-order valence-electron chi connectivity index (χ3n) is 5.06. The van der Waals surface area contributed by atoms with Crippen LogP contribution >= 0.6 is 0 Å². The van der Waals surface area contributed by atoms with Crippen LogP contribution in [0.3, 0.4) is 0 Å². The normalized spacial score (nSPS) is 20.4. The summed E-state index contributed by atoms with van der Waals surface area (Å²) < 4.78 is 32.4. The number of nitrogens with zero attached hydrogens (tertiary/aromatic N) is 4. The monoisotopic (exact) mass is 402 g/mol. The lowest BCUT2D eigenvalue weighted by molar-refractivity contribution is 0.0771. The highest BCUT2D eigenvalue weighted by Gasteiger charge is 2.30. The molecule has 2 fully saturated rings. The molecule has 148 valence electrons. The van der Waals surface area contributed by atoms with Gasteiger partial charge in [0.05, 0.1) is 17.6 Å². The summed E-state index contributed by atoms with van der Waals surface area (Å²) >= 11 is 0. The minimum atomic E-state index is -3.47. The summed E-state index contributed by atoms with van der Waals surface area (Å²) in [7, 11) is -3.47. The van der Waals surface area contributed by atoms with E-state index < -0.39 is 10.0 Å². The van der Waals surface area contributed by atoms with Gasteiger partial charge >= 0.3 is 0 Å². The number of sulfonamides is 1. The van der Waals surface area contributed by atoms with E-state index in [1.54, 1.807) is 35.6 Å². The standard InChI is InChI=1S/C19H22N4O4S/c24-19(22-12-7-16(14-22)27-18-13-20-8-9-21-18)15-3-5-17(6-4-15)28(25,26)23-10-1-2-11-23/h3-6,8-9,13,16H,1-2,7,10-12,14H2. The number of benzene rings is 1. The maximum absolute atomic E-state index is 12.7. The quantitative estimate of drug-likeness (QED) is 0.754. The summed E-state index contributed by atoms with van der Waals surface area (Å²) in [6.45, 7) is 2.16. The summed E-state index contributed by atoms with van der Waals surface area (Å²) in [6.07, 6.45) is 7.05. The fourth-order valence-electron chi connectivity index (χ4n) is 3.56. The molecule has 2 aliphatic rings. The fourth-order valence-corrected chi connectivity index (χ4v) is 5.07. The molecule has 0 N–H and O–H groups in total. The van der Waals surface area contributed by atoms with Gasteiger partial charge in [-0.3, -0.25) is 9.78 Å². The molecule has 1 aromatic carbocycles. The molecule has 0 saturated carbocycles. The van der Waals surface area contributed by atoms with Crippen LogP contribution in [0.4, 0.5) is 0 Å².